The van der Waals surface area contributed by atoms with Crippen LogP contribution in [0.15, 0.2) is 23.0 Å². The van der Waals surface area contributed by atoms with Crippen molar-refractivity contribution in [3.8, 4) is 0 Å². The highest BCUT2D eigenvalue weighted by Gasteiger charge is 2.56. The molecule has 0 spiro atoms. The molecule has 1 aromatic heterocycles. The lowest BCUT2D eigenvalue weighted by molar-refractivity contribution is 0.183. The standard InChI is InChI=1S/C22H35N7O/c1-4-30-20-10-19(24-18-9-17(26-27-18)15-7-5-6-8-15)28(3)21(25-20)29-14-22(13-23-2)11-16(29)12-22/h9-10,15-16,19,23H,4-8,11-14H2,1-3H3,(H2,24,26,27). The molecule has 2 bridgehead atoms. The third kappa shape index (κ3) is 3.45. The first-order valence-electron chi connectivity index (χ1n) is 11.5. The lowest BCUT2D eigenvalue weighted by Gasteiger charge is -2.39. The third-order valence-electron chi connectivity index (χ3n) is 7.32. The van der Waals surface area contributed by atoms with Gasteiger partial charge in [-0.2, -0.15) is 10.1 Å². The Kier molecular flexibility index (Phi) is 5.13. The molecule has 1 unspecified atom stereocenters. The third-order valence-corrected chi connectivity index (χ3v) is 7.32. The van der Waals surface area contributed by atoms with E-state index < -0.39 is 0 Å². The first-order chi connectivity index (χ1) is 14.6. The molecule has 2 aliphatic carbocycles. The van der Waals surface area contributed by atoms with E-state index in [9.17, 15) is 0 Å². The summed E-state index contributed by atoms with van der Waals surface area (Å²) in [4.78, 5) is 9.58. The predicted molar refractivity (Wildman–Crippen MR) is 118 cm³/mol. The summed E-state index contributed by atoms with van der Waals surface area (Å²) in [5, 5.41) is 14.8. The number of aliphatic imine (C=N–C) groups is 1. The topological polar surface area (TPSA) is 80.8 Å². The van der Waals surface area contributed by atoms with Crippen LogP contribution in [0.25, 0.3) is 0 Å². The maximum atomic E-state index is 5.84. The van der Waals surface area contributed by atoms with E-state index in [-0.39, 0.29) is 6.17 Å². The van der Waals surface area contributed by atoms with Crippen molar-refractivity contribution in [1.82, 2.24) is 25.3 Å². The van der Waals surface area contributed by atoms with Crippen molar-refractivity contribution in [2.75, 3.05) is 39.1 Å². The Morgan fingerprint density at radius 1 is 1.30 bits per heavy atom. The average Bonchev–Trinajstić information content (AvgIpc) is 3.47. The average molecular weight is 414 g/mol. The molecule has 0 aromatic carbocycles. The molecule has 2 saturated carbocycles. The van der Waals surface area contributed by atoms with E-state index in [4.69, 9.17) is 9.73 Å². The molecule has 30 heavy (non-hydrogen) atoms. The van der Waals surface area contributed by atoms with Crippen LogP contribution in [0.5, 0.6) is 0 Å². The minimum atomic E-state index is -0.0446. The Morgan fingerprint density at radius 2 is 2.10 bits per heavy atom. The summed E-state index contributed by atoms with van der Waals surface area (Å²) in [6.45, 7) is 4.75. The molecule has 8 heteroatoms. The lowest BCUT2D eigenvalue weighted by Crippen LogP contribution is -2.51. The first-order valence-corrected chi connectivity index (χ1v) is 11.5. The number of likely N-dealkylation sites (N-methyl/N-ethyl adjacent to an activating group) is 1. The minimum absolute atomic E-state index is 0.0446. The van der Waals surface area contributed by atoms with Gasteiger partial charge in [0.2, 0.25) is 11.8 Å². The van der Waals surface area contributed by atoms with Crippen molar-refractivity contribution in [3.05, 3.63) is 23.7 Å². The summed E-state index contributed by atoms with van der Waals surface area (Å²) < 4.78 is 5.84. The van der Waals surface area contributed by atoms with Crippen molar-refractivity contribution >= 4 is 11.8 Å². The number of guanidine groups is 1. The number of aromatic nitrogens is 2. The van der Waals surface area contributed by atoms with Gasteiger partial charge in [0.05, 0.1) is 6.61 Å². The molecule has 3 N–H and O–H groups in total. The molecular formula is C22H35N7O. The van der Waals surface area contributed by atoms with Crippen LogP contribution >= 0.6 is 0 Å². The van der Waals surface area contributed by atoms with Crippen LogP contribution in [-0.2, 0) is 4.74 Å². The number of hydrogen-bond acceptors (Lipinski definition) is 7. The Hall–Kier alpha value is -2.22. The second-order valence-corrected chi connectivity index (χ2v) is 9.46. The normalized spacial score (nSPS) is 30.9. The molecule has 1 atom stereocenters. The van der Waals surface area contributed by atoms with Crippen molar-refractivity contribution in [3.63, 3.8) is 0 Å². The SMILES string of the molecule is CCOC1=CC(Nc2cc(C3CCCC3)[nH]n2)N(C)C(N2CC3(CNC)CC2C3)=N1. The van der Waals surface area contributed by atoms with Gasteiger partial charge in [0.25, 0.3) is 0 Å². The van der Waals surface area contributed by atoms with E-state index in [0.29, 0.717) is 29.9 Å². The van der Waals surface area contributed by atoms with Gasteiger partial charge in [-0.1, -0.05) is 12.8 Å². The quantitative estimate of drug-likeness (QED) is 0.638. The van der Waals surface area contributed by atoms with E-state index in [1.807, 2.05) is 6.92 Å². The number of aromatic amines is 1. The highest BCUT2D eigenvalue weighted by Crippen LogP contribution is 2.51. The van der Waals surface area contributed by atoms with E-state index in [2.05, 4.69) is 56.9 Å². The van der Waals surface area contributed by atoms with Crippen LogP contribution in [0.3, 0.4) is 0 Å². The molecule has 4 heterocycles. The molecule has 6 rings (SSSR count). The number of nitrogens with zero attached hydrogens (tertiary/aromatic N) is 4. The van der Waals surface area contributed by atoms with Crippen LogP contribution in [0, 0.1) is 5.41 Å². The van der Waals surface area contributed by atoms with Gasteiger partial charge in [-0.25, -0.2) is 0 Å². The number of hydrogen-bond donors (Lipinski definition) is 3. The first kappa shape index (κ1) is 19.7. The van der Waals surface area contributed by atoms with Crippen LogP contribution in [0.2, 0.25) is 0 Å². The van der Waals surface area contributed by atoms with Gasteiger partial charge in [-0.15, -0.1) is 0 Å². The zero-order chi connectivity index (χ0) is 20.7. The van der Waals surface area contributed by atoms with Crippen LogP contribution in [0.1, 0.15) is 57.1 Å². The maximum absolute atomic E-state index is 5.84. The molecule has 0 radical (unpaired) electrons. The van der Waals surface area contributed by atoms with Gasteiger partial charge in [0.15, 0.2) is 0 Å². The monoisotopic (exact) mass is 413 g/mol. The second kappa shape index (κ2) is 7.80. The summed E-state index contributed by atoms with van der Waals surface area (Å²) in [5.74, 6) is 3.22. The maximum Gasteiger partial charge on any atom is 0.216 e. The van der Waals surface area contributed by atoms with E-state index >= 15 is 0 Å². The molecule has 1 aromatic rings. The molecular weight excluding hydrogens is 378 g/mol. The smallest absolute Gasteiger partial charge is 0.216 e. The van der Waals surface area contributed by atoms with Gasteiger partial charge >= 0.3 is 0 Å². The van der Waals surface area contributed by atoms with Gasteiger partial charge in [-0.3, -0.25) is 5.10 Å². The molecule has 5 aliphatic rings. The lowest BCUT2D eigenvalue weighted by atomic mass is 9.70. The summed E-state index contributed by atoms with van der Waals surface area (Å²) in [5.41, 5.74) is 1.66. The minimum Gasteiger partial charge on any atom is -0.478 e. The Balaban J connectivity index is 1.33. The number of anilines is 1. The molecule has 8 nitrogen and oxygen atoms in total. The number of nitrogens with one attached hydrogen (secondary N) is 3. The number of ether oxygens (including phenoxy) is 1. The van der Waals surface area contributed by atoms with Crippen molar-refractivity contribution in [2.24, 2.45) is 10.4 Å². The van der Waals surface area contributed by atoms with Gasteiger partial charge in [0.1, 0.15) is 12.0 Å². The predicted octanol–water partition coefficient (Wildman–Crippen LogP) is 2.67. The fourth-order valence-electron chi connectivity index (χ4n) is 5.82. The van der Waals surface area contributed by atoms with Crippen LogP contribution < -0.4 is 10.6 Å². The van der Waals surface area contributed by atoms with Gasteiger partial charge < -0.3 is 25.2 Å². The van der Waals surface area contributed by atoms with Crippen LogP contribution in [-0.4, -0.2) is 72.0 Å². The fraction of sp³-hybridized carbons (Fsp3) is 0.727. The molecule has 164 valence electrons. The Labute approximate surface area is 179 Å². The van der Waals surface area contributed by atoms with Gasteiger partial charge in [-0.05, 0) is 39.7 Å². The second-order valence-electron chi connectivity index (χ2n) is 9.46. The molecule has 0 amide bonds. The van der Waals surface area contributed by atoms with E-state index in [1.54, 1.807) is 0 Å². The van der Waals surface area contributed by atoms with E-state index in [0.717, 1.165) is 24.9 Å². The zero-order valence-electron chi connectivity index (χ0n) is 18.4. The molecule has 4 fully saturated rings. The molecule has 3 aliphatic heterocycles. The highest BCUT2D eigenvalue weighted by molar-refractivity contribution is 5.83. The van der Waals surface area contributed by atoms with Crippen molar-refractivity contribution in [2.45, 2.75) is 63.6 Å². The fourth-order valence-corrected chi connectivity index (χ4v) is 5.82. The summed E-state index contributed by atoms with van der Waals surface area (Å²) in [6.07, 6.45) is 9.68. The number of fused-ring (bicyclic) bond motifs is 1. The zero-order valence-corrected chi connectivity index (χ0v) is 18.4. The molecule has 2 saturated heterocycles. The summed E-state index contributed by atoms with van der Waals surface area (Å²) >= 11 is 0. The van der Waals surface area contributed by atoms with Crippen molar-refractivity contribution in [1.29, 1.82) is 0 Å². The van der Waals surface area contributed by atoms with Gasteiger partial charge in [0, 0.05) is 55.3 Å². The van der Waals surface area contributed by atoms with Crippen molar-refractivity contribution < 1.29 is 4.74 Å². The summed E-state index contributed by atoms with van der Waals surface area (Å²) in [7, 11) is 4.16. The highest BCUT2D eigenvalue weighted by atomic mass is 16.5. The summed E-state index contributed by atoms with van der Waals surface area (Å²) in [6, 6.07) is 2.76. The van der Waals surface area contributed by atoms with Crippen LogP contribution in [0.4, 0.5) is 5.82 Å². The number of rotatable bonds is 7. The number of H-pyrrole nitrogens is 1. The largest absolute Gasteiger partial charge is 0.478 e. The van der Waals surface area contributed by atoms with E-state index in [1.165, 1.54) is 44.2 Å². The Morgan fingerprint density at radius 3 is 2.83 bits per heavy atom. The Bertz CT molecular complexity index is 819.